The number of rotatable bonds is 5. The lowest BCUT2D eigenvalue weighted by Gasteiger charge is -2.03. The van der Waals surface area contributed by atoms with Crippen LogP contribution in [0.25, 0.3) is 0 Å². The van der Waals surface area contributed by atoms with Gasteiger partial charge in [-0.3, -0.25) is 0 Å². The van der Waals surface area contributed by atoms with Crippen molar-refractivity contribution in [2.45, 2.75) is 19.3 Å². The first-order chi connectivity index (χ1) is 8.76. The number of hydrogen-bond acceptors (Lipinski definition) is 5. The molecular formula is C11H12ClN3O2S. The molecular weight excluding hydrogens is 274 g/mol. The lowest BCUT2D eigenvalue weighted by atomic mass is 10.3. The Hall–Kier alpha value is -1.40. The van der Waals surface area contributed by atoms with Crippen LogP contribution in [-0.2, 0) is 17.2 Å². The number of hydrogen-bond donors (Lipinski definition) is 0. The van der Waals surface area contributed by atoms with Crippen LogP contribution < -0.4 is 0 Å². The van der Waals surface area contributed by atoms with E-state index in [-0.39, 0.29) is 11.6 Å². The quantitative estimate of drug-likeness (QED) is 0.625. The summed E-state index contributed by atoms with van der Waals surface area (Å²) in [5, 5.41) is 9.78. The first-order valence-electron chi connectivity index (χ1n) is 5.44. The molecule has 2 aromatic heterocycles. The molecule has 0 saturated carbocycles. The molecule has 0 aromatic carbocycles. The Morgan fingerprint density at radius 3 is 3.06 bits per heavy atom. The van der Waals surface area contributed by atoms with Gasteiger partial charge in [0.25, 0.3) is 0 Å². The van der Waals surface area contributed by atoms with Gasteiger partial charge in [0.05, 0.1) is 24.7 Å². The number of halogens is 1. The number of aromatic nitrogens is 3. The summed E-state index contributed by atoms with van der Waals surface area (Å²) in [5.74, 6) is -0.308. The van der Waals surface area contributed by atoms with E-state index >= 15 is 0 Å². The number of carbonyl (C=O) groups excluding carboxylic acids is 1. The Morgan fingerprint density at radius 1 is 1.61 bits per heavy atom. The summed E-state index contributed by atoms with van der Waals surface area (Å²) >= 11 is 7.47. The highest BCUT2D eigenvalue weighted by molar-refractivity contribution is 7.09. The van der Waals surface area contributed by atoms with Crippen LogP contribution in [-0.4, -0.2) is 27.6 Å². The van der Waals surface area contributed by atoms with Crippen molar-refractivity contribution in [1.82, 2.24) is 15.0 Å². The Balaban J connectivity index is 2.24. The summed E-state index contributed by atoms with van der Waals surface area (Å²) in [5.41, 5.74) is 0.784. The van der Waals surface area contributed by atoms with E-state index in [1.165, 1.54) is 0 Å². The van der Waals surface area contributed by atoms with Crippen molar-refractivity contribution in [2.75, 3.05) is 6.61 Å². The maximum absolute atomic E-state index is 11.6. The van der Waals surface area contributed by atoms with Crippen molar-refractivity contribution in [3.8, 4) is 0 Å². The number of thiophene rings is 1. The van der Waals surface area contributed by atoms with Gasteiger partial charge in [0.2, 0.25) is 0 Å². The SMILES string of the molecule is CCOC(=O)c1nnn(Cc2cccs2)c1CCl. The van der Waals surface area contributed by atoms with E-state index in [2.05, 4.69) is 10.3 Å². The van der Waals surface area contributed by atoms with Crippen molar-refractivity contribution >= 4 is 28.9 Å². The van der Waals surface area contributed by atoms with E-state index < -0.39 is 5.97 Å². The molecule has 0 radical (unpaired) electrons. The molecule has 5 nitrogen and oxygen atoms in total. The Labute approximate surface area is 113 Å². The first kappa shape index (κ1) is 13.0. The monoisotopic (exact) mass is 285 g/mol. The van der Waals surface area contributed by atoms with Gasteiger partial charge < -0.3 is 4.74 Å². The highest BCUT2D eigenvalue weighted by Crippen LogP contribution is 2.15. The molecule has 18 heavy (non-hydrogen) atoms. The molecule has 0 atom stereocenters. The molecule has 2 heterocycles. The maximum atomic E-state index is 11.6. The average molecular weight is 286 g/mol. The zero-order valence-corrected chi connectivity index (χ0v) is 11.4. The molecule has 7 heteroatoms. The molecule has 0 spiro atoms. The fourth-order valence-corrected chi connectivity index (χ4v) is 2.45. The van der Waals surface area contributed by atoms with Crippen LogP contribution in [0.15, 0.2) is 17.5 Å². The summed E-state index contributed by atoms with van der Waals surface area (Å²) in [6.07, 6.45) is 0. The van der Waals surface area contributed by atoms with Gasteiger partial charge in [-0.05, 0) is 18.4 Å². The molecule has 0 aliphatic carbocycles. The van der Waals surface area contributed by atoms with E-state index in [9.17, 15) is 4.79 Å². The van der Waals surface area contributed by atoms with Gasteiger partial charge >= 0.3 is 5.97 Å². The summed E-state index contributed by atoms with van der Waals surface area (Å²) in [7, 11) is 0. The highest BCUT2D eigenvalue weighted by atomic mass is 35.5. The number of nitrogens with zero attached hydrogens (tertiary/aromatic N) is 3. The van der Waals surface area contributed by atoms with Gasteiger partial charge in [0.1, 0.15) is 0 Å². The molecule has 2 aromatic rings. The van der Waals surface area contributed by atoms with Crippen molar-refractivity contribution < 1.29 is 9.53 Å². The van der Waals surface area contributed by atoms with Crippen LogP contribution in [0.5, 0.6) is 0 Å². The molecule has 0 saturated heterocycles. The Kier molecular flexibility index (Phi) is 4.33. The molecule has 0 bridgehead atoms. The Morgan fingerprint density at radius 2 is 2.44 bits per heavy atom. The van der Waals surface area contributed by atoms with Crippen LogP contribution in [0.2, 0.25) is 0 Å². The highest BCUT2D eigenvalue weighted by Gasteiger charge is 2.20. The minimum absolute atomic E-state index is 0.173. The predicted molar refractivity (Wildman–Crippen MR) is 69.0 cm³/mol. The van der Waals surface area contributed by atoms with Crippen molar-refractivity contribution in [1.29, 1.82) is 0 Å². The minimum atomic E-state index is -0.481. The zero-order valence-electron chi connectivity index (χ0n) is 9.80. The topological polar surface area (TPSA) is 57.0 Å². The molecule has 0 aliphatic rings. The predicted octanol–water partition coefficient (Wildman–Crippen LogP) is 2.30. The normalized spacial score (nSPS) is 10.6. The summed E-state index contributed by atoms with van der Waals surface area (Å²) in [4.78, 5) is 12.8. The second-order valence-electron chi connectivity index (χ2n) is 3.48. The van der Waals surface area contributed by atoms with Crippen molar-refractivity contribution in [2.24, 2.45) is 0 Å². The molecule has 0 amide bonds. The number of esters is 1. The third-order valence-electron chi connectivity index (χ3n) is 2.32. The van der Waals surface area contributed by atoms with Gasteiger partial charge in [-0.15, -0.1) is 28.0 Å². The molecule has 96 valence electrons. The third kappa shape index (κ3) is 2.70. The van der Waals surface area contributed by atoms with E-state index in [0.29, 0.717) is 18.8 Å². The number of carbonyl (C=O) groups is 1. The molecule has 0 N–H and O–H groups in total. The second kappa shape index (κ2) is 5.97. The maximum Gasteiger partial charge on any atom is 0.360 e. The molecule has 0 aliphatic heterocycles. The molecule has 0 fully saturated rings. The smallest absolute Gasteiger partial charge is 0.360 e. The van der Waals surface area contributed by atoms with E-state index in [4.69, 9.17) is 16.3 Å². The van der Waals surface area contributed by atoms with Crippen LogP contribution >= 0.6 is 22.9 Å². The first-order valence-corrected chi connectivity index (χ1v) is 6.85. The van der Waals surface area contributed by atoms with Gasteiger partial charge in [0, 0.05) is 4.88 Å². The standard InChI is InChI=1S/C11H12ClN3O2S/c1-2-17-11(16)10-9(6-12)15(14-13-10)7-8-4-3-5-18-8/h3-5H,2,6-7H2,1H3. The molecule has 2 rings (SSSR count). The van der Waals surface area contributed by atoms with Crippen LogP contribution in [0, 0.1) is 0 Å². The largest absolute Gasteiger partial charge is 0.461 e. The summed E-state index contributed by atoms with van der Waals surface area (Å²) < 4.78 is 6.54. The lowest BCUT2D eigenvalue weighted by molar-refractivity contribution is 0.0518. The number of alkyl halides is 1. The lowest BCUT2D eigenvalue weighted by Crippen LogP contribution is -2.10. The summed E-state index contributed by atoms with van der Waals surface area (Å²) in [6.45, 7) is 2.61. The minimum Gasteiger partial charge on any atom is -0.461 e. The third-order valence-corrected chi connectivity index (χ3v) is 3.43. The van der Waals surface area contributed by atoms with Gasteiger partial charge in [-0.1, -0.05) is 11.3 Å². The van der Waals surface area contributed by atoms with Crippen LogP contribution in [0.1, 0.15) is 28.0 Å². The number of ether oxygens (including phenoxy) is 1. The summed E-state index contributed by atoms with van der Waals surface area (Å²) in [6, 6.07) is 3.96. The van der Waals surface area contributed by atoms with E-state index in [0.717, 1.165) is 4.88 Å². The van der Waals surface area contributed by atoms with E-state index in [1.54, 1.807) is 22.9 Å². The van der Waals surface area contributed by atoms with Gasteiger partial charge in [0.15, 0.2) is 5.69 Å². The fourth-order valence-electron chi connectivity index (χ4n) is 1.50. The van der Waals surface area contributed by atoms with Crippen LogP contribution in [0.3, 0.4) is 0 Å². The molecule has 0 unspecified atom stereocenters. The average Bonchev–Trinajstić information content (AvgIpc) is 2.99. The second-order valence-corrected chi connectivity index (χ2v) is 4.78. The van der Waals surface area contributed by atoms with Crippen molar-refractivity contribution in [3.05, 3.63) is 33.8 Å². The van der Waals surface area contributed by atoms with Crippen LogP contribution in [0.4, 0.5) is 0 Å². The fraction of sp³-hybridized carbons (Fsp3) is 0.364. The van der Waals surface area contributed by atoms with E-state index in [1.807, 2.05) is 17.5 Å². The zero-order chi connectivity index (χ0) is 13.0. The Bertz CT molecular complexity index is 524. The van der Waals surface area contributed by atoms with Gasteiger partial charge in [-0.25, -0.2) is 9.48 Å². The van der Waals surface area contributed by atoms with Gasteiger partial charge in [-0.2, -0.15) is 0 Å². The van der Waals surface area contributed by atoms with Crippen molar-refractivity contribution in [3.63, 3.8) is 0 Å².